The number of hydrogen-bond acceptors (Lipinski definition) is 3. The maximum Gasteiger partial charge on any atom is 0.261 e. The van der Waals surface area contributed by atoms with Crippen LogP contribution in [0.2, 0.25) is 0 Å². The number of aryl methyl sites for hydroxylation is 1. The molecule has 0 saturated carbocycles. The molecule has 2 atom stereocenters. The Bertz CT molecular complexity index is 834. The van der Waals surface area contributed by atoms with Crippen LogP contribution in [0.1, 0.15) is 50.8 Å². The van der Waals surface area contributed by atoms with Crippen molar-refractivity contribution in [3.8, 4) is 11.5 Å². The van der Waals surface area contributed by atoms with Crippen molar-refractivity contribution in [3.63, 3.8) is 0 Å². The van der Waals surface area contributed by atoms with Crippen LogP contribution >= 0.6 is 0 Å². The zero-order valence-electron chi connectivity index (χ0n) is 16.2. The van der Waals surface area contributed by atoms with Crippen molar-refractivity contribution in [1.29, 1.82) is 0 Å². The number of benzene rings is 2. The fraction of sp³-hybridized carbons (Fsp3) is 0.409. The molecule has 144 valence electrons. The Morgan fingerprint density at radius 3 is 2.78 bits per heavy atom. The van der Waals surface area contributed by atoms with E-state index >= 15 is 0 Å². The minimum absolute atomic E-state index is 0.0860. The summed E-state index contributed by atoms with van der Waals surface area (Å²) in [4.78, 5) is 12.8. The van der Waals surface area contributed by atoms with Crippen molar-refractivity contribution < 1.29 is 18.7 Å². The van der Waals surface area contributed by atoms with Crippen LogP contribution in [-0.4, -0.2) is 17.6 Å². The van der Waals surface area contributed by atoms with Gasteiger partial charge in [0, 0.05) is 12.0 Å². The number of carbonyl (C=O) groups excluding carboxylic acids is 1. The lowest BCUT2D eigenvalue weighted by Crippen LogP contribution is -2.45. The average Bonchev–Trinajstić information content (AvgIpc) is 2.59. The lowest BCUT2D eigenvalue weighted by Gasteiger charge is -2.38. The summed E-state index contributed by atoms with van der Waals surface area (Å²) in [5.41, 5.74) is 1.66. The van der Waals surface area contributed by atoms with Crippen molar-refractivity contribution in [2.75, 3.05) is 0 Å². The van der Waals surface area contributed by atoms with Crippen LogP contribution in [0.25, 0.3) is 0 Å². The maximum absolute atomic E-state index is 13.9. The van der Waals surface area contributed by atoms with Crippen LogP contribution in [-0.2, 0) is 4.79 Å². The third-order valence-corrected chi connectivity index (χ3v) is 4.71. The molecule has 0 aliphatic carbocycles. The predicted octanol–water partition coefficient (Wildman–Crippen LogP) is 4.71. The molecule has 0 saturated heterocycles. The number of amides is 1. The molecule has 0 unspecified atom stereocenters. The average molecular weight is 371 g/mol. The first-order valence-electron chi connectivity index (χ1n) is 9.30. The molecular formula is C22H26FNO3. The first kappa shape index (κ1) is 19.2. The second-order valence-corrected chi connectivity index (χ2v) is 7.61. The highest BCUT2D eigenvalue weighted by Crippen LogP contribution is 2.40. The lowest BCUT2D eigenvalue weighted by molar-refractivity contribution is -0.129. The largest absolute Gasteiger partial charge is 0.487 e. The summed E-state index contributed by atoms with van der Waals surface area (Å²) >= 11 is 0. The smallest absolute Gasteiger partial charge is 0.261 e. The summed E-state index contributed by atoms with van der Waals surface area (Å²) in [6.07, 6.45) is 0.320. The van der Waals surface area contributed by atoms with Gasteiger partial charge in [-0.2, -0.15) is 0 Å². The molecule has 1 aliphatic heterocycles. The molecule has 3 rings (SSSR count). The highest BCUT2D eigenvalue weighted by Gasteiger charge is 2.35. The number of para-hydroxylation sites is 1. The Morgan fingerprint density at radius 2 is 2.07 bits per heavy atom. The molecule has 1 heterocycles. The summed E-state index contributed by atoms with van der Waals surface area (Å²) in [6.45, 7) is 7.86. The zero-order valence-corrected chi connectivity index (χ0v) is 16.2. The minimum atomic E-state index is -0.762. The van der Waals surface area contributed by atoms with Gasteiger partial charge >= 0.3 is 0 Å². The first-order chi connectivity index (χ1) is 12.8. The number of rotatable bonds is 5. The van der Waals surface area contributed by atoms with E-state index in [1.165, 1.54) is 12.1 Å². The monoisotopic (exact) mass is 371 g/mol. The molecule has 1 amide bonds. The quantitative estimate of drug-likeness (QED) is 0.828. The van der Waals surface area contributed by atoms with Gasteiger partial charge in [-0.25, -0.2) is 4.39 Å². The van der Waals surface area contributed by atoms with Gasteiger partial charge in [0.2, 0.25) is 0 Å². The van der Waals surface area contributed by atoms with E-state index < -0.39 is 17.5 Å². The number of fused-ring (bicyclic) bond motifs is 1. The normalized spacial score (nSPS) is 18.8. The second-order valence-electron chi connectivity index (χ2n) is 7.61. The highest BCUT2D eigenvalue weighted by molar-refractivity contribution is 5.81. The Labute approximate surface area is 159 Å². The first-order valence-corrected chi connectivity index (χ1v) is 9.30. The van der Waals surface area contributed by atoms with Crippen LogP contribution in [0.15, 0.2) is 42.5 Å². The molecule has 0 aromatic heterocycles. The Hall–Kier alpha value is -2.56. The molecule has 0 radical (unpaired) electrons. The van der Waals surface area contributed by atoms with E-state index in [9.17, 15) is 9.18 Å². The molecule has 5 heteroatoms. The summed E-state index contributed by atoms with van der Waals surface area (Å²) < 4.78 is 25.6. The van der Waals surface area contributed by atoms with Gasteiger partial charge in [-0.05, 0) is 51.0 Å². The van der Waals surface area contributed by atoms with Crippen LogP contribution in [0, 0.1) is 12.7 Å². The summed E-state index contributed by atoms with van der Waals surface area (Å²) in [7, 11) is 0. The second kappa shape index (κ2) is 7.59. The summed E-state index contributed by atoms with van der Waals surface area (Å²) in [5.74, 6) is 0.147. The minimum Gasteiger partial charge on any atom is -0.487 e. The van der Waals surface area contributed by atoms with E-state index in [2.05, 4.69) is 5.32 Å². The van der Waals surface area contributed by atoms with Crippen LogP contribution in [0.3, 0.4) is 0 Å². The van der Waals surface area contributed by atoms with E-state index in [1.54, 1.807) is 12.1 Å². The van der Waals surface area contributed by atoms with Crippen molar-refractivity contribution in [2.24, 2.45) is 0 Å². The fourth-order valence-electron chi connectivity index (χ4n) is 3.37. The van der Waals surface area contributed by atoms with Gasteiger partial charge in [0.25, 0.3) is 5.91 Å². The molecule has 2 aromatic rings. The molecule has 1 N–H and O–H groups in total. The zero-order chi connectivity index (χ0) is 19.6. The SMILES string of the molecule is CC[C@H](Oc1ccccc1F)C(=O)N[C@@H]1CC(C)(C)Oc2cc(C)ccc21. The van der Waals surface area contributed by atoms with Crippen molar-refractivity contribution >= 4 is 5.91 Å². The van der Waals surface area contributed by atoms with Crippen molar-refractivity contribution in [2.45, 2.75) is 58.3 Å². The Kier molecular flexibility index (Phi) is 5.40. The standard InChI is InChI=1S/C22H26FNO3/c1-5-18(26-19-9-7-6-8-16(19)23)21(25)24-17-13-22(3,4)27-20-12-14(2)10-11-15(17)20/h6-12,17-18H,5,13H2,1-4H3,(H,24,25)/t17-,18+/m1/s1. The number of hydrogen-bond donors (Lipinski definition) is 1. The summed E-state index contributed by atoms with van der Waals surface area (Å²) in [6, 6.07) is 11.9. The topological polar surface area (TPSA) is 47.6 Å². The van der Waals surface area contributed by atoms with Crippen LogP contribution < -0.4 is 14.8 Å². The lowest BCUT2D eigenvalue weighted by atomic mass is 9.89. The van der Waals surface area contributed by atoms with Gasteiger partial charge < -0.3 is 14.8 Å². The highest BCUT2D eigenvalue weighted by atomic mass is 19.1. The van der Waals surface area contributed by atoms with Gasteiger partial charge in [-0.15, -0.1) is 0 Å². The van der Waals surface area contributed by atoms with Gasteiger partial charge in [-0.3, -0.25) is 4.79 Å². The molecule has 0 spiro atoms. The number of carbonyl (C=O) groups is 1. The fourth-order valence-corrected chi connectivity index (χ4v) is 3.37. The molecule has 2 aromatic carbocycles. The van der Waals surface area contributed by atoms with Crippen molar-refractivity contribution in [3.05, 3.63) is 59.4 Å². The van der Waals surface area contributed by atoms with Gasteiger partial charge in [-0.1, -0.05) is 31.2 Å². The third-order valence-electron chi connectivity index (χ3n) is 4.71. The summed E-state index contributed by atoms with van der Waals surface area (Å²) in [5, 5.41) is 3.07. The van der Waals surface area contributed by atoms with Crippen LogP contribution in [0.4, 0.5) is 4.39 Å². The predicted molar refractivity (Wildman–Crippen MR) is 102 cm³/mol. The van der Waals surface area contributed by atoms with Gasteiger partial charge in [0.1, 0.15) is 11.4 Å². The Morgan fingerprint density at radius 1 is 1.33 bits per heavy atom. The van der Waals surface area contributed by atoms with E-state index in [-0.39, 0.29) is 17.7 Å². The molecule has 4 nitrogen and oxygen atoms in total. The number of halogens is 1. The Balaban J connectivity index is 1.79. The van der Waals surface area contributed by atoms with Crippen molar-refractivity contribution in [1.82, 2.24) is 5.32 Å². The van der Waals surface area contributed by atoms with E-state index in [1.807, 2.05) is 45.9 Å². The van der Waals surface area contributed by atoms with E-state index in [0.29, 0.717) is 12.8 Å². The number of nitrogens with one attached hydrogen (secondary N) is 1. The molecule has 27 heavy (non-hydrogen) atoms. The number of ether oxygens (including phenoxy) is 2. The molecular weight excluding hydrogens is 345 g/mol. The maximum atomic E-state index is 13.9. The molecule has 0 fully saturated rings. The van der Waals surface area contributed by atoms with Crippen LogP contribution in [0.5, 0.6) is 11.5 Å². The van der Waals surface area contributed by atoms with E-state index in [4.69, 9.17) is 9.47 Å². The molecule has 1 aliphatic rings. The third kappa shape index (κ3) is 4.41. The van der Waals surface area contributed by atoms with E-state index in [0.717, 1.165) is 16.9 Å². The van der Waals surface area contributed by atoms with Gasteiger partial charge in [0.05, 0.1) is 6.04 Å². The molecule has 0 bridgehead atoms. The van der Waals surface area contributed by atoms with Gasteiger partial charge in [0.15, 0.2) is 17.7 Å².